The number of carbonyl (C=O) groups excluding carboxylic acids is 1. The Morgan fingerprint density at radius 1 is 1.85 bits per heavy atom. The summed E-state index contributed by atoms with van der Waals surface area (Å²) >= 11 is 5.51. The van der Waals surface area contributed by atoms with E-state index >= 15 is 0 Å². The number of carbonyl (C=O) groups is 1. The molecular weight excluding hydrogens is 192 g/mol. The fourth-order valence-corrected chi connectivity index (χ4v) is 0.871. The first-order valence-electron chi connectivity index (χ1n) is 3.92. The number of halogens is 1. The first kappa shape index (κ1) is 9.98. The van der Waals surface area contributed by atoms with Gasteiger partial charge in [-0.3, -0.25) is 9.89 Å². The Morgan fingerprint density at radius 2 is 2.62 bits per heavy atom. The van der Waals surface area contributed by atoms with E-state index in [-0.39, 0.29) is 11.8 Å². The maximum atomic E-state index is 11.2. The minimum absolute atomic E-state index is 0.0774. The largest absolute Gasteiger partial charge is 0.349 e. The molecule has 2 N–H and O–H groups in total. The van der Waals surface area contributed by atoms with Gasteiger partial charge in [-0.1, -0.05) is 6.92 Å². The lowest BCUT2D eigenvalue weighted by Gasteiger charge is -2.06. The Hall–Kier alpha value is -1.10. The summed E-state index contributed by atoms with van der Waals surface area (Å²) in [5.41, 5.74) is 0. The van der Waals surface area contributed by atoms with Gasteiger partial charge in [-0.25, -0.2) is 4.98 Å². The van der Waals surface area contributed by atoms with Gasteiger partial charge in [-0.15, -0.1) is 11.6 Å². The summed E-state index contributed by atoms with van der Waals surface area (Å²) in [5, 5.41) is 8.97. The zero-order valence-electron chi connectivity index (χ0n) is 7.25. The average Bonchev–Trinajstić information content (AvgIpc) is 2.65. The molecule has 0 aliphatic carbocycles. The van der Waals surface area contributed by atoms with Gasteiger partial charge in [0.1, 0.15) is 12.2 Å². The molecule has 1 heterocycles. The van der Waals surface area contributed by atoms with Gasteiger partial charge in [-0.2, -0.15) is 5.10 Å². The number of H-pyrrole nitrogens is 1. The minimum atomic E-state index is -0.176. The molecule has 0 fully saturated rings. The van der Waals surface area contributed by atoms with Gasteiger partial charge >= 0.3 is 0 Å². The monoisotopic (exact) mass is 202 g/mol. The highest BCUT2D eigenvalue weighted by Crippen LogP contribution is 1.97. The molecule has 1 aromatic heterocycles. The molecular formula is C7H11ClN4O. The van der Waals surface area contributed by atoms with E-state index in [0.717, 1.165) is 0 Å². The summed E-state index contributed by atoms with van der Waals surface area (Å²) in [6.07, 6.45) is 1.40. The Balaban J connectivity index is 2.31. The first-order valence-corrected chi connectivity index (χ1v) is 4.45. The topological polar surface area (TPSA) is 70.7 Å². The third kappa shape index (κ3) is 3.02. The van der Waals surface area contributed by atoms with Crippen molar-refractivity contribution in [3.8, 4) is 0 Å². The van der Waals surface area contributed by atoms with Crippen LogP contribution in [0.25, 0.3) is 0 Å². The highest BCUT2D eigenvalue weighted by Gasteiger charge is 2.10. The Morgan fingerprint density at radius 3 is 3.15 bits per heavy atom. The second-order valence-electron chi connectivity index (χ2n) is 2.71. The van der Waals surface area contributed by atoms with Crippen LogP contribution >= 0.6 is 11.6 Å². The van der Waals surface area contributed by atoms with Crippen molar-refractivity contribution in [2.24, 2.45) is 5.92 Å². The third-order valence-electron chi connectivity index (χ3n) is 1.57. The summed E-state index contributed by atoms with van der Waals surface area (Å²) in [7, 11) is 0. The molecule has 0 radical (unpaired) electrons. The van der Waals surface area contributed by atoms with Crippen LogP contribution in [0.3, 0.4) is 0 Å². The molecule has 0 saturated carbocycles. The third-order valence-corrected chi connectivity index (χ3v) is 2.04. The van der Waals surface area contributed by atoms with Crippen molar-refractivity contribution in [1.82, 2.24) is 20.5 Å². The number of aromatic amines is 1. The summed E-state index contributed by atoms with van der Waals surface area (Å²) in [5.74, 6) is 0.702. The van der Waals surface area contributed by atoms with E-state index in [9.17, 15) is 4.79 Å². The number of amides is 1. The van der Waals surface area contributed by atoms with Crippen LogP contribution in [-0.2, 0) is 11.3 Å². The molecule has 72 valence electrons. The van der Waals surface area contributed by atoms with Crippen LogP contribution in [0.4, 0.5) is 0 Å². The quantitative estimate of drug-likeness (QED) is 0.690. The molecule has 1 atom stereocenters. The van der Waals surface area contributed by atoms with Gasteiger partial charge in [0.15, 0.2) is 0 Å². The van der Waals surface area contributed by atoms with E-state index < -0.39 is 0 Å². The van der Waals surface area contributed by atoms with Crippen LogP contribution < -0.4 is 5.32 Å². The molecule has 0 bridgehead atoms. The van der Waals surface area contributed by atoms with Gasteiger partial charge in [0.25, 0.3) is 0 Å². The van der Waals surface area contributed by atoms with Crippen LogP contribution in [0.1, 0.15) is 12.7 Å². The number of nitrogens with one attached hydrogen (secondary N) is 2. The normalized spacial score (nSPS) is 12.5. The highest BCUT2D eigenvalue weighted by molar-refractivity contribution is 6.19. The lowest BCUT2D eigenvalue weighted by atomic mass is 10.2. The van der Waals surface area contributed by atoms with Crippen molar-refractivity contribution in [1.29, 1.82) is 0 Å². The number of nitrogens with zero attached hydrogens (tertiary/aromatic N) is 2. The molecule has 1 amide bonds. The molecule has 1 rings (SSSR count). The molecule has 6 heteroatoms. The van der Waals surface area contributed by atoms with Crippen molar-refractivity contribution in [2.45, 2.75) is 13.5 Å². The van der Waals surface area contributed by atoms with Gasteiger partial charge in [0, 0.05) is 11.8 Å². The predicted octanol–water partition coefficient (Wildman–Crippen LogP) is 0.296. The summed E-state index contributed by atoms with van der Waals surface area (Å²) in [6.45, 7) is 2.13. The van der Waals surface area contributed by atoms with E-state index in [2.05, 4.69) is 20.5 Å². The van der Waals surface area contributed by atoms with Crippen molar-refractivity contribution < 1.29 is 4.79 Å². The number of hydrogen-bond donors (Lipinski definition) is 2. The lowest BCUT2D eigenvalue weighted by Crippen LogP contribution is -2.29. The molecule has 0 aliphatic rings. The number of rotatable bonds is 4. The fourth-order valence-electron chi connectivity index (χ4n) is 0.731. The van der Waals surface area contributed by atoms with Crippen LogP contribution in [0.5, 0.6) is 0 Å². The standard InChI is InChI=1S/C7H11ClN4O/c1-5(2-8)7(13)9-3-6-10-4-11-12-6/h4-5H,2-3H2,1H3,(H,9,13)(H,10,11,12). The average molecular weight is 203 g/mol. The second-order valence-corrected chi connectivity index (χ2v) is 3.01. The zero-order chi connectivity index (χ0) is 9.68. The van der Waals surface area contributed by atoms with E-state index in [1.54, 1.807) is 6.92 Å². The highest BCUT2D eigenvalue weighted by atomic mass is 35.5. The van der Waals surface area contributed by atoms with E-state index in [0.29, 0.717) is 18.2 Å². The van der Waals surface area contributed by atoms with Gasteiger partial charge in [0.05, 0.1) is 6.54 Å². The van der Waals surface area contributed by atoms with Crippen molar-refractivity contribution >= 4 is 17.5 Å². The van der Waals surface area contributed by atoms with E-state index in [4.69, 9.17) is 11.6 Å². The molecule has 0 spiro atoms. The van der Waals surface area contributed by atoms with Crippen LogP contribution in [0.2, 0.25) is 0 Å². The van der Waals surface area contributed by atoms with Crippen LogP contribution in [0, 0.1) is 5.92 Å². The maximum Gasteiger partial charge on any atom is 0.224 e. The molecule has 5 nitrogen and oxygen atoms in total. The molecule has 13 heavy (non-hydrogen) atoms. The second kappa shape index (κ2) is 4.81. The Kier molecular flexibility index (Phi) is 3.70. The Labute approximate surface area is 80.9 Å². The van der Waals surface area contributed by atoms with Crippen LogP contribution in [-0.4, -0.2) is 27.0 Å². The maximum absolute atomic E-state index is 11.2. The van der Waals surface area contributed by atoms with Gasteiger partial charge < -0.3 is 5.32 Å². The van der Waals surface area contributed by atoms with E-state index in [1.165, 1.54) is 6.33 Å². The predicted molar refractivity (Wildman–Crippen MR) is 48.1 cm³/mol. The number of alkyl halides is 1. The number of aromatic nitrogens is 3. The summed E-state index contributed by atoms with van der Waals surface area (Å²) < 4.78 is 0. The molecule has 0 aliphatic heterocycles. The number of hydrogen-bond acceptors (Lipinski definition) is 3. The van der Waals surface area contributed by atoms with Crippen LogP contribution in [0.15, 0.2) is 6.33 Å². The SMILES string of the molecule is CC(CCl)C(=O)NCc1ncn[nH]1. The Bertz CT molecular complexity index is 261. The van der Waals surface area contributed by atoms with E-state index in [1.807, 2.05) is 0 Å². The minimum Gasteiger partial charge on any atom is -0.349 e. The molecule has 1 unspecified atom stereocenters. The first-order chi connectivity index (χ1) is 6.24. The van der Waals surface area contributed by atoms with Crippen molar-refractivity contribution in [3.63, 3.8) is 0 Å². The summed E-state index contributed by atoms with van der Waals surface area (Å²) in [4.78, 5) is 15.1. The van der Waals surface area contributed by atoms with Crippen molar-refractivity contribution in [3.05, 3.63) is 12.2 Å². The van der Waals surface area contributed by atoms with Gasteiger partial charge in [-0.05, 0) is 0 Å². The molecule has 0 saturated heterocycles. The molecule has 0 aromatic carbocycles. The summed E-state index contributed by atoms with van der Waals surface area (Å²) in [6, 6.07) is 0. The zero-order valence-corrected chi connectivity index (χ0v) is 8.01. The smallest absolute Gasteiger partial charge is 0.224 e. The van der Waals surface area contributed by atoms with Gasteiger partial charge in [0.2, 0.25) is 5.91 Å². The fraction of sp³-hybridized carbons (Fsp3) is 0.571. The van der Waals surface area contributed by atoms with Crippen molar-refractivity contribution in [2.75, 3.05) is 5.88 Å². The molecule has 1 aromatic rings. The lowest BCUT2D eigenvalue weighted by molar-refractivity contribution is -0.124.